The SMILES string of the molecule is COc1ccccc1C(=O)Nc1ccc(Nc2cccc(Cl)c2)nc1. The van der Waals surface area contributed by atoms with Gasteiger partial charge in [0, 0.05) is 10.7 Å². The quantitative estimate of drug-likeness (QED) is 0.695. The largest absolute Gasteiger partial charge is 0.496 e. The van der Waals surface area contributed by atoms with Crippen LogP contribution in [0.2, 0.25) is 5.02 Å². The van der Waals surface area contributed by atoms with E-state index < -0.39 is 0 Å². The lowest BCUT2D eigenvalue weighted by Gasteiger charge is -2.10. The van der Waals surface area contributed by atoms with Gasteiger partial charge in [0.1, 0.15) is 11.6 Å². The number of amides is 1. The number of carbonyl (C=O) groups excluding carboxylic acids is 1. The third kappa shape index (κ3) is 4.28. The number of hydrogen-bond donors (Lipinski definition) is 2. The summed E-state index contributed by atoms with van der Waals surface area (Å²) in [6, 6.07) is 17.9. The van der Waals surface area contributed by atoms with Crippen molar-refractivity contribution in [3.05, 3.63) is 77.4 Å². The van der Waals surface area contributed by atoms with Crippen molar-refractivity contribution in [2.24, 2.45) is 0 Å². The van der Waals surface area contributed by atoms with Crippen LogP contribution in [0.15, 0.2) is 66.9 Å². The Morgan fingerprint density at radius 2 is 1.88 bits per heavy atom. The summed E-state index contributed by atoms with van der Waals surface area (Å²) < 4.78 is 5.20. The molecule has 3 aromatic rings. The van der Waals surface area contributed by atoms with Gasteiger partial charge in [-0.3, -0.25) is 4.79 Å². The maximum atomic E-state index is 12.4. The van der Waals surface area contributed by atoms with Crippen LogP contribution in [0, 0.1) is 0 Å². The third-order valence-electron chi connectivity index (χ3n) is 3.47. The number of benzene rings is 2. The van der Waals surface area contributed by atoms with Crippen LogP contribution in [-0.4, -0.2) is 18.0 Å². The molecule has 5 nitrogen and oxygen atoms in total. The minimum atomic E-state index is -0.255. The molecule has 6 heteroatoms. The number of para-hydroxylation sites is 1. The van der Waals surface area contributed by atoms with Gasteiger partial charge >= 0.3 is 0 Å². The Balaban J connectivity index is 1.69. The molecule has 0 aliphatic carbocycles. The molecule has 0 aliphatic rings. The Morgan fingerprint density at radius 1 is 1.04 bits per heavy atom. The summed E-state index contributed by atoms with van der Waals surface area (Å²) in [5.74, 6) is 0.916. The molecule has 0 aliphatic heterocycles. The fourth-order valence-corrected chi connectivity index (χ4v) is 2.48. The Kier molecular flexibility index (Phi) is 5.16. The van der Waals surface area contributed by atoms with Gasteiger partial charge in [-0.05, 0) is 42.5 Å². The van der Waals surface area contributed by atoms with Crippen molar-refractivity contribution in [3.63, 3.8) is 0 Å². The maximum Gasteiger partial charge on any atom is 0.259 e. The van der Waals surface area contributed by atoms with Crippen LogP contribution in [0.5, 0.6) is 5.75 Å². The molecule has 0 bridgehead atoms. The molecule has 1 amide bonds. The van der Waals surface area contributed by atoms with E-state index in [1.54, 1.807) is 48.7 Å². The van der Waals surface area contributed by atoms with E-state index in [0.717, 1.165) is 5.69 Å². The highest BCUT2D eigenvalue weighted by Gasteiger charge is 2.11. The number of ether oxygens (including phenoxy) is 1. The van der Waals surface area contributed by atoms with Crippen molar-refractivity contribution < 1.29 is 9.53 Å². The number of carbonyl (C=O) groups is 1. The van der Waals surface area contributed by atoms with E-state index in [0.29, 0.717) is 27.8 Å². The number of rotatable bonds is 5. The van der Waals surface area contributed by atoms with Gasteiger partial charge < -0.3 is 15.4 Å². The number of anilines is 3. The molecular weight excluding hydrogens is 338 g/mol. The second-order valence-electron chi connectivity index (χ2n) is 5.22. The highest BCUT2D eigenvalue weighted by atomic mass is 35.5. The molecular formula is C19H16ClN3O2. The minimum absolute atomic E-state index is 0.255. The van der Waals surface area contributed by atoms with Gasteiger partial charge in [-0.25, -0.2) is 4.98 Å². The summed E-state index contributed by atoms with van der Waals surface area (Å²) in [4.78, 5) is 16.7. The second kappa shape index (κ2) is 7.68. The average Bonchev–Trinajstić information content (AvgIpc) is 2.63. The fraction of sp³-hybridized carbons (Fsp3) is 0.0526. The monoisotopic (exact) mass is 353 g/mol. The molecule has 0 atom stereocenters. The van der Waals surface area contributed by atoms with Crippen LogP contribution in [-0.2, 0) is 0 Å². The summed E-state index contributed by atoms with van der Waals surface area (Å²) in [5, 5.41) is 6.59. The summed E-state index contributed by atoms with van der Waals surface area (Å²) in [6.45, 7) is 0. The Hall–Kier alpha value is -3.05. The van der Waals surface area contributed by atoms with Gasteiger partial charge in [0.05, 0.1) is 24.6 Å². The molecule has 2 N–H and O–H groups in total. The van der Waals surface area contributed by atoms with Crippen molar-refractivity contribution in [2.45, 2.75) is 0 Å². The van der Waals surface area contributed by atoms with E-state index in [1.807, 2.05) is 18.2 Å². The highest BCUT2D eigenvalue weighted by molar-refractivity contribution is 6.30. The van der Waals surface area contributed by atoms with Crippen LogP contribution in [0.25, 0.3) is 0 Å². The predicted octanol–water partition coefficient (Wildman–Crippen LogP) is 4.74. The van der Waals surface area contributed by atoms with Crippen molar-refractivity contribution in [1.29, 1.82) is 0 Å². The van der Waals surface area contributed by atoms with Gasteiger partial charge in [0.25, 0.3) is 5.91 Å². The van der Waals surface area contributed by atoms with Gasteiger partial charge in [-0.2, -0.15) is 0 Å². The first-order valence-electron chi connectivity index (χ1n) is 7.59. The van der Waals surface area contributed by atoms with Gasteiger partial charge in [-0.15, -0.1) is 0 Å². The number of hydrogen-bond acceptors (Lipinski definition) is 4. The number of pyridine rings is 1. The molecule has 1 aromatic heterocycles. The van der Waals surface area contributed by atoms with Crippen molar-refractivity contribution in [2.75, 3.05) is 17.7 Å². The number of nitrogens with one attached hydrogen (secondary N) is 2. The third-order valence-corrected chi connectivity index (χ3v) is 3.71. The lowest BCUT2D eigenvalue weighted by atomic mass is 10.2. The molecule has 3 rings (SSSR count). The normalized spacial score (nSPS) is 10.2. The Morgan fingerprint density at radius 3 is 2.60 bits per heavy atom. The Labute approximate surface area is 150 Å². The van der Waals surface area contributed by atoms with Gasteiger partial charge in [0.15, 0.2) is 0 Å². The summed E-state index contributed by atoms with van der Waals surface area (Å²) in [5.41, 5.74) is 1.89. The van der Waals surface area contributed by atoms with Gasteiger partial charge in [-0.1, -0.05) is 29.8 Å². The standard InChI is InChI=1S/C19H16ClN3O2/c1-25-17-8-3-2-7-16(17)19(24)23-15-9-10-18(21-12-15)22-14-6-4-5-13(20)11-14/h2-12H,1H3,(H,21,22)(H,23,24). The van der Waals surface area contributed by atoms with Crippen LogP contribution >= 0.6 is 11.6 Å². The zero-order valence-electron chi connectivity index (χ0n) is 13.5. The molecule has 0 fully saturated rings. The van der Waals surface area contributed by atoms with Crippen LogP contribution < -0.4 is 15.4 Å². The topological polar surface area (TPSA) is 63.2 Å². The number of nitrogens with zero attached hydrogens (tertiary/aromatic N) is 1. The molecule has 0 saturated carbocycles. The molecule has 126 valence electrons. The number of methoxy groups -OCH3 is 1. The van der Waals surface area contributed by atoms with Crippen molar-refractivity contribution >= 4 is 34.7 Å². The van der Waals surface area contributed by atoms with E-state index in [2.05, 4.69) is 15.6 Å². The lowest BCUT2D eigenvalue weighted by molar-refractivity contribution is 0.102. The molecule has 0 unspecified atom stereocenters. The Bertz CT molecular complexity index is 882. The first-order valence-corrected chi connectivity index (χ1v) is 7.96. The smallest absolute Gasteiger partial charge is 0.259 e. The van der Waals surface area contributed by atoms with Crippen molar-refractivity contribution in [3.8, 4) is 5.75 Å². The zero-order valence-corrected chi connectivity index (χ0v) is 14.2. The predicted molar refractivity (Wildman–Crippen MR) is 99.9 cm³/mol. The first kappa shape index (κ1) is 16.8. The molecule has 0 radical (unpaired) electrons. The second-order valence-corrected chi connectivity index (χ2v) is 5.66. The van der Waals surface area contributed by atoms with Crippen LogP contribution in [0.3, 0.4) is 0 Å². The molecule has 0 saturated heterocycles. The lowest BCUT2D eigenvalue weighted by Crippen LogP contribution is -2.13. The number of halogens is 1. The molecule has 2 aromatic carbocycles. The first-order chi connectivity index (χ1) is 12.2. The zero-order chi connectivity index (χ0) is 17.6. The van der Waals surface area contributed by atoms with E-state index in [1.165, 1.54) is 7.11 Å². The molecule has 25 heavy (non-hydrogen) atoms. The minimum Gasteiger partial charge on any atom is -0.496 e. The fourth-order valence-electron chi connectivity index (χ4n) is 2.29. The van der Waals surface area contributed by atoms with E-state index in [9.17, 15) is 4.79 Å². The highest BCUT2D eigenvalue weighted by Crippen LogP contribution is 2.21. The van der Waals surface area contributed by atoms with Crippen molar-refractivity contribution in [1.82, 2.24) is 4.98 Å². The average molecular weight is 354 g/mol. The van der Waals surface area contributed by atoms with Crippen LogP contribution in [0.1, 0.15) is 10.4 Å². The van der Waals surface area contributed by atoms with E-state index in [4.69, 9.17) is 16.3 Å². The summed E-state index contributed by atoms with van der Waals surface area (Å²) >= 11 is 5.96. The summed E-state index contributed by atoms with van der Waals surface area (Å²) in [7, 11) is 1.53. The van der Waals surface area contributed by atoms with E-state index in [-0.39, 0.29) is 5.91 Å². The van der Waals surface area contributed by atoms with E-state index >= 15 is 0 Å². The number of aromatic nitrogens is 1. The maximum absolute atomic E-state index is 12.4. The molecule has 0 spiro atoms. The summed E-state index contributed by atoms with van der Waals surface area (Å²) in [6.07, 6.45) is 1.58. The van der Waals surface area contributed by atoms with Crippen LogP contribution in [0.4, 0.5) is 17.2 Å². The van der Waals surface area contributed by atoms with Gasteiger partial charge in [0.2, 0.25) is 0 Å². The molecule has 1 heterocycles.